The quantitative estimate of drug-likeness (QED) is 0.683. The molecule has 1 aromatic carbocycles. The maximum atomic E-state index is 12.1. The average molecular weight is 294 g/mol. The zero-order valence-corrected chi connectivity index (χ0v) is 12.9. The fourth-order valence-corrected chi connectivity index (χ4v) is 3.64. The third-order valence-corrected chi connectivity index (χ3v) is 4.85. The number of esters is 1. The van der Waals surface area contributed by atoms with Crippen LogP contribution in [0.1, 0.15) is 30.6 Å². The fraction of sp³-hybridized carbons (Fsp3) is 0.533. The summed E-state index contributed by atoms with van der Waals surface area (Å²) in [7, 11) is 0. The van der Waals surface area contributed by atoms with Crippen LogP contribution in [0.15, 0.2) is 18.2 Å². The maximum absolute atomic E-state index is 12.1. The van der Waals surface area contributed by atoms with Crippen LogP contribution in [0, 0.1) is 0 Å². The maximum Gasteiger partial charge on any atom is 0.340 e. The van der Waals surface area contributed by atoms with E-state index in [2.05, 4.69) is 11.8 Å². The summed E-state index contributed by atoms with van der Waals surface area (Å²) in [4.78, 5) is 14.3. The van der Waals surface area contributed by atoms with E-state index in [-0.39, 0.29) is 5.97 Å². The Labute approximate surface area is 124 Å². The fourth-order valence-electron chi connectivity index (χ4n) is 2.46. The number of hydrogen-bond acceptors (Lipinski definition) is 5. The van der Waals surface area contributed by atoms with E-state index < -0.39 is 0 Å². The van der Waals surface area contributed by atoms with Crippen molar-refractivity contribution >= 4 is 29.1 Å². The van der Waals surface area contributed by atoms with Crippen molar-refractivity contribution in [3.63, 3.8) is 0 Å². The van der Waals surface area contributed by atoms with Crippen molar-refractivity contribution in [1.82, 2.24) is 0 Å². The molecule has 1 heterocycles. The standard InChI is InChI=1S/C15H22N2O2S/c1-3-11-10-17(8-9-20-11)14-12(15(18)19-4-2)6-5-7-13(14)16/h5-7,11H,3-4,8-10,16H2,1-2H3. The minimum Gasteiger partial charge on any atom is -0.462 e. The number of ether oxygens (including phenoxy) is 1. The van der Waals surface area contributed by atoms with Gasteiger partial charge in [0, 0.05) is 24.1 Å². The molecule has 0 aromatic heterocycles. The second kappa shape index (κ2) is 6.88. The molecule has 0 amide bonds. The summed E-state index contributed by atoms with van der Waals surface area (Å²) in [5.74, 6) is 0.774. The molecule has 4 nitrogen and oxygen atoms in total. The van der Waals surface area contributed by atoms with Crippen LogP contribution in [0.25, 0.3) is 0 Å². The predicted molar refractivity (Wildman–Crippen MR) is 85.6 cm³/mol. The average Bonchev–Trinajstić information content (AvgIpc) is 2.47. The van der Waals surface area contributed by atoms with Gasteiger partial charge < -0.3 is 15.4 Å². The van der Waals surface area contributed by atoms with E-state index in [4.69, 9.17) is 10.5 Å². The number of benzene rings is 1. The highest BCUT2D eigenvalue weighted by Crippen LogP contribution is 2.33. The summed E-state index contributed by atoms with van der Waals surface area (Å²) in [5.41, 5.74) is 8.18. The lowest BCUT2D eigenvalue weighted by Gasteiger charge is -2.35. The van der Waals surface area contributed by atoms with Crippen LogP contribution in [0.3, 0.4) is 0 Å². The molecule has 20 heavy (non-hydrogen) atoms. The Balaban J connectivity index is 2.31. The summed E-state index contributed by atoms with van der Waals surface area (Å²) in [6.07, 6.45) is 1.13. The van der Waals surface area contributed by atoms with E-state index in [1.165, 1.54) is 0 Å². The minimum atomic E-state index is -0.291. The smallest absolute Gasteiger partial charge is 0.340 e. The van der Waals surface area contributed by atoms with Crippen LogP contribution < -0.4 is 10.6 Å². The number of nitrogens with two attached hydrogens (primary N) is 1. The molecule has 1 aromatic rings. The van der Waals surface area contributed by atoms with Crippen molar-refractivity contribution in [2.24, 2.45) is 0 Å². The zero-order chi connectivity index (χ0) is 14.5. The number of thioether (sulfide) groups is 1. The van der Waals surface area contributed by atoms with Crippen molar-refractivity contribution in [1.29, 1.82) is 0 Å². The normalized spacial score (nSPS) is 18.9. The minimum absolute atomic E-state index is 0.291. The SMILES string of the molecule is CCOC(=O)c1cccc(N)c1N1CCSC(CC)C1. The number of rotatable bonds is 4. The molecule has 0 aliphatic carbocycles. The monoisotopic (exact) mass is 294 g/mol. The Morgan fingerprint density at radius 2 is 2.30 bits per heavy atom. The highest BCUT2D eigenvalue weighted by Gasteiger charge is 2.25. The van der Waals surface area contributed by atoms with Gasteiger partial charge in [-0.25, -0.2) is 4.79 Å². The topological polar surface area (TPSA) is 55.6 Å². The Morgan fingerprint density at radius 1 is 1.50 bits per heavy atom. The predicted octanol–water partition coefficient (Wildman–Crippen LogP) is 2.78. The molecule has 1 unspecified atom stereocenters. The molecular weight excluding hydrogens is 272 g/mol. The molecule has 2 rings (SSSR count). The van der Waals surface area contributed by atoms with Gasteiger partial charge >= 0.3 is 5.97 Å². The van der Waals surface area contributed by atoms with Crippen molar-refractivity contribution in [3.05, 3.63) is 23.8 Å². The van der Waals surface area contributed by atoms with Gasteiger partial charge in [0.25, 0.3) is 0 Å². The number of nitrogen functional groups attached to an aromatic ring is 1. The first-order valence-corrected chi connectivity index (χ1v) is 8.14. The van der Waals surface area contributed by atoms with Crippen LogP contribution in [0.4, 0.5) is 11.4 Å². The summed E-state index contributed by atoms with van der Waals surface area (Å²) in [6.45, 7) is 6.24. The van der Waals surface area contributed by atoms with Crippen LogP contribution in [-0.4, -0.2) is 36.7 Å². The van der Waals surface area contributed by atoms with Gasteiger partial charge in [0.2, 0.25) is 0 Å². The molecule has 1 fully saturated rings. The highest BCUT2D eigenvalue weighted by molar-refractivity contribution is 8.00. The van der Waals surface area contributed by atoms with Gasteiger partial charge in [-0.3, -0.25) is 0 Å². The Kier molecular flexibility index (Phi) is 5.17. The van der Waals surface area contributed by atoms with Crippen molar-refractivity contribution in [2.75, 3.05) is 36.1 Å². The second-order valence-corrected chi connectivity index (χ2v) is 6.22. The Morgan fingerprint density at radius 3 is 3.00 bits per heavy atom. The van der Waals surface area contributed by atoms with E-state index in [0.29, 0.717) is 23.1 Å². The van der Waals surface area contributed by atoms with Gasteiger partial charge in [-0.05, 0) is 25.5 Å². The summed E-state index contributed by atoms with van der Waals surface area (Å²) in [6, 6.07) is 5.45. The molecule has 1 aliphatic rings. The Hall–Kier alpha value is -1.36. The van der Waals surface area contributed by atoms with Crippen LogP contribution in [-0.2, 0) is 4.74 Å². The molecule has 1 aliphatic heterocycles. The first kappa shape index (κ1) is 15.0. The molecule has 2 N–H and O–H groups in total. The molecule has 5 heteroatoms. The summed E-state index contributed by atoms with van der Waals surface area (Å²) >= 11 is 1.99. The molecule has 1 saturated heterocycles. The van der Waals surface area contributed by atoms with Gasteiger partial charge in [-0.1, -0.05) is 13.0 Å². The lowest BCUT2D eigenvalue weighted by molar-refractivity contribution is 0.0527. The van der Waals surface area contributed by atoms with Gasteiger partial charge in [0.1, 0.15) is 0 Å². The lowest BCUT2D eigenvalue weighted by Crippen LogP contribution is -2.39. The van der Waals surface area contributed by atoms with Crippen molar-refractivity contribution in [2.45, 2.75) is 25.5 Å². The number of carbonyl (C=O) groups is 1. The molecular formula is C15H22N2O2S. The number of hydrogen-bond donors (Lipinski definition) is 1. The molecule has 0 spiro atoms. The summed E-state index contributed by atoms with van der Waals surface area (Å²) in [5, 5.41) is 0.596. The summed E-state index contributed by atoms with van der Waals surface area (Å²) < 4.78 is 5.14. The van der Waals surface area contributed by atoms with Gasteiger partial charge in [0.15, 0.2) is 0 Å². The second-order valence-electron chi connectivity index (χ2n) is 4.81. The zero-order valence-electron chi connectivity index (χ0n) is 12.1. The molecule has 0 saturated carbocycles. The molecule has 1 atom stereocenters. The molecule has 0 radical (unpaired) electrons. The largest absolute Gasteiger partial charge is 0.462 e. The number of para-hydroxylation sites is 1. The molecule has 0 bridgehead atoms. The van der Waals surface area contributed by atoms with Gasteiger partial charge in [-0.15, -0.1) is 0 Å². The third kappa shape index (κ3) is 3.20. The van der Waals surface area contributed by atoms with Gasteiger partial charge in [-0.2, -0.15) is 11.8 Å². The van der Waals surface area contributed by atoms with E-state index >= 15 is 0 Å². The third-order valence-electron chi connectivity index (χ3n) is 3.47. The lowest BCUT2D eigenvalue weighted by atomic mass is 10.1. The Bertz CT molecular complexity index is 479. The highest BCUT2D eigenvalue weighted by atomic mass is 32.2. The number of carbonyl (C=O) groups excluding carboxylic acids is 1. The van der Waals surface area contributed by atoms with Crippen LogP contribution >= 0.6 is 11.8 Å². The first-order valence-electron chi connectivity index (χ1n) is 7.09. The van der Waals surface area contributed by atoms with E-state index in [9.17, 15) is 4.79 Å². The van der Waals surface area contributed by atoms with Gasteiger partial charge in [0.05, 0.1) is 23.5 Å². The van der Waals surface area contributed by atoms with Crippen LogP contribution in [0.5, 0.6) is 0 Å². The van der Waals surface area contributed by atoms with Crippen molar-refractivity contribution < 1.29 is 9.53 Å². The van der Waals surface area contributed by atoms with E-state index in [0.717, 1.165) is 31.0 Å². The van der Waals surface area contributed by atoms with Crippen LogP contribution in [0.2, 0.25) is 0 Å². The van der Waals surface area contributed by atoms with E-state index in [1.807, 2.05) is 24.8 Å². The number of anilines is 2. The molecule has 110 valence electrons. The number of nitrogens with zero attached hydrogens (tertiary/aromatic N) is 1. The van der Waals surface area contributed by atoms with Crippen molar-refractivity contribution in [3.8, 4) is 0 Å². The van der Waals surface area contributed by atoms with E-state index in [1.54, 1.807) is 12.1 Å². The first-order chi connectivity index (χ1) is 9.67.